The van der Waals surface area contributed by atoms with Gasteiger partial charge in [0.05, 0.1) is 11.9 Å². The lowest BCUT2D eigenvalue weighted by Crippen LogP contribution is -2.43. The zero-order chi connectivity index (χ0) is 24.3. The second-order valence-electron chi connectivity index (χ2n) is 9.68. The molecule has 0 unspecified atom stereocenters. The van der Waals surface area contributed by atoms with Crippen molar-refractivity contribution in [2.45, 2.75) is 38.1 Å². The molecule has 2 N–H and O–H groups in total. The number of pyridine rings is 2. The second-order valence-corrected chi connectivity index (χ2v) is 9.68. The standard InChI is InChI=1S/C28H31N7O.ClH/c36-27-21(16-20-6-2-1-3-7-20)17-22-18-31-28(33-26(22)35(27)23-8-4-5-9-23)32-25-11-10-24(19-30-25)34-14-12-29-13-15-34;/h1-3,6-7,10-11,17-19,23,29H,4-5,8-9,12-16H2,(H,30,31,32,33);1H. The lowest BCUT2D eigenvalue weighted by Gasteiger charge is -2.29. The Labute approximate surface area is 222 Å². The molecule has 1 aliphatic carbocycles. The minimum atomic E-state index is 0. The molecule has 2 fully saturated rings. The molecule has 3 aromatic heterocycles. The SMILES string of the molecule is Cl.O=c1c(Cc2ccccc2)cc2cnc(Nc3ccc(N4CCNCC4)cn3)nc2n1C1CCCC1. The normalized spacial score (nSPS) is 16.1. The first kappa shape index (κ1) is 25.2. The summed E-state index contributed by atoms with van der Waals surface area (Å²) in [5, 5.41) is 7.50. The van der Waals surface area contributed by atoms with Crippen LogP contribution in [-0.2, 0) is 6.42 Å². The van der Waals surface area contributed by atoms with E-state index in [0.29, 0.717) is 23.8 Å². The molecule has 1 aromatic carbocycles. The first-order valence-corrected chi connectivity index (χ1v) is 12.9. The average Bonchev–Trinajstić information content (AvgIpc) is 3.45. The quantitative estimate of drug-likeness (QED) is 0.390. The van der Waals surface area contributed by atoms with Gasteiger partial charge in [-0.1, -0.05) is 43.2 Å². The molecule has 1 aliphatic heterocycles. The van der Waals surface area contributed by atoms with Crippen molar-refractivity contribution in [3.05, 3.63) is 82.4 Å². The van der Waals surface area contributed by atoms with Crippen molar-refractivity contribution in [2.75, 3.05) is 36.4 Å². The van der Waals surface area contributed by atoms with Crippen molar-refractivity contribution in [2.24, 2.45) is 0 Å². The van der Waals surface area contributed by atoms with E-state index >= 15 is 0 Å². The van der Waals surface area contributed by atoms with Gasteiger partial charge in [-0.2, -0.15) is 4.98 Å². The Hall–Kier alpha value is -3.49. The van der Waals surface area contributed by atoms with E-state index in [1.807, 2.05) is 47.3 Å². The van der Waals surface area contributed by atoms with Gasteiger partial charge in [-0.05, 0) is 36.6 Å². The Morgan fingerprint density at radius 2 is 1.76 bits per heavy atom. The highest BCUT2D eigenvalue weighted by atomic mass is 35.5. The van der Waals surface area contributed by atoms with E-state index in [1.54, 1.807) is 0 Å². The number of hydrogen-bond acceptors (Lipinski definition) is 7. The third-order valence-electron chi connectivity index (χ3n) is 7.24. The molecule has 4 aromatic rings. The van der Waals surface area contributed by atoms with Gasteiger partial charge in [0.15, 0.2) is 0 Å². The minimum absolute atomic E-state index is 0. The number of halogens is 1. The van der Waals surface area contributed by atoms with Crippen molar-refractivity contribution in [3.63, 3.8) is 0 Å². The van der Waals surface area contributed by atoms with Crippen LogP contribution in [0, 0.1) is 0 Å². The first-order valence-electron chi connectivity index (χ1n) is 12.9. The van der Waals surface area contributed by atoms with Gasteiger partial charge in [-0.25, -0.2) is 9.97 Å². The lowest BCUT2D eigenvalue weighted by molar-refractivity contribution is 0.513. The summed E-state index contributed by atoms with van der Waals surface area (Å²) >= 11 is 0. The summed E-state index contributed by atoms with van der Waals surface area (Å²) in [5.41, 5.74) is 3.78. The molecular weight excluding hydrogens is 486 g/mol. The Bertz CT molecular complexity index is 1400. The van der Waals surface area contributed by atoms with Gasteiger partial charge in [0, 0.05) is 55.8 Å². The molecule has 6 rings (SSSR count). The Balaban J connectivity index is 0.00000280. The number of piperazine rings is 1. The van der Waals surface area contributed by atoms with Crippen molar-refractivity contribution < 1.29 is 0 Å². The third-order valence-corrected chi connectivity index (χ3v) is 7.24. The number of aromatic nitrogens is 4. The van der Waals surface area contributed by atoms with Crippen molar-refractivity contribution in [3.8, 4) is 0 Å². The summed E-state index contributed by atoms with van der Waals surface area (Å²) in [7, 11) is 0. The number of hydrogen-bond donors (Lipinski definition) is 2. The molecule has 4 heterocycles. The molecule has 9 heteroatoms. The number of rotatable bonds is 6. The molecule has 8 nitrogen and oxygen atoms in total. The van der Waals surface area contributed by atoms with Crippen LogP contribution in [0.4, 0.5) is 17.5 Å². The molecule has 0 amide bonds. The largest absolute Gasteiger partial charge is 0.368 e. The van der Waals surface area contributed by atoms with E-state index in [0.717, 1.165) is 74.1 Å². The fourth-order valence-corrected chi connectivity index (χ4v) is 5.37. The zero-order valence-corrected chi connectivity index (χ0v) is 21.6. The highest BCUT2D eigenvalue weighted by Crippen LogP contribution is 2.31. The summed E-state index contributed by atoms with van der Waals surface area (Å²) in [6, 6.07) is 16.3. The molecule has 0 spiro atoms. The molecular formula is C28H32ClN7O. The minimum Gasteiger partial charge on any atom is -0.368 e. The molecule has 0 bridgehead atoms. The maximum absolute atomic E-state index is 13.7. The van der Waals surface area contributed by atoms with Crippen LogP contribution in [0.1, 0.15) is 42.9 Å². The smallest absolute Gasteiger partial charge is 0.256 e. The molecule has 2 aliphatic rings. The maximum Gasteiger partial charge on any atom is 0.256 e. The van der Waals surface area contributed by atoms with Crippen LogP contribution in [-0.4, -0.2) is 45.7 Å². The Morgan fingerprint density at radius 3 is 2.49 bits per heavy atom. The topological polar surface area (TPSA) is 88.0 Å². The number of benzene rings is 1. The van der Waals surface area contributed by atoms with Crippen molar-refractivity contribution >= 4 is 40.9 Å². The molecule has 0 radical (unpaired) electrons. The van der Waals surface area contributed by atoms with Gasteiger partial charge >= 0.3 is 0 Å². The van der Waals surface area contributed by atoms with Gasteiger partial charge in [0.1, 0.15) is 11.5 Å². The summed E-state index contributed by atoms with van der Waals surface area (Å²) in [5.74, 6) is 1.13. The zero-order valence-electron chi connectivity index (χ0n) is 20.8. The van der Waals surface area contributed by atoms with Gasteiger partial charge in [-0.3, -0.25) is 9.36 Å². The molecule has 1 saturated heterocycles. The van der Waals surface area contributed by atoms with E-state index < -0.39 is 0 Å². The number of nitrogens with zero attached hydrogens (tertiary/aromatic N) is 5. The van der Waals surface area contributed by atoms with Gasteiger partial charge in [-0.15, -0.1) is 12.4 Å². The molecule has 192 valence electrons. The van der Waals surface area contributed by atoms with E-state index in [9.17, 15) is 4.79 Å². The van der Waals surface area contributed by atoms with E-state index in [-0.39, 0.29) is 24.0 Å². The van der Waals surface area contributed by atoms with Crippen molar-refractivity contribution in [1.82, 2.24) is 24.8 Å². The van der Waals surface area contributed by atoms with Crippen LogP contribution >= 0.6 is 12.4 Å². The van der Waals surface area contributed by atoms with Crippen LogP contribution in [0.3, 0.4) is 0 Å². The van der Waals surface area contributed by atoms with Gasteiger partial charge in [0.2, 0.25) is 5.95 Å². The summed E-state index contributed by atoms with van der Waals surface area (Å²) in [6.45, 7) is 3.93. The predicted molar refractivity (Wildman–Crippen MR) is 150 cm³/mol. The number of anilines is 3. The Morgan fingerprint density at radius 1 is 0.973 bits per heavy atom. The van der Waals surface area contributed by atoms with E-state index in [4.69, 9.17) is 4.98 Å². The second kappa shape index (κ2) is 11.3. The summed E-state index contributed by atoms with van der Waals surface area (Å²) in [6.07, 6.45) is 8.60. The van der Waals surface area contributed by atoms with E-state index in [1.165, 1.54) is 0 Å². The average molecular weight is 518 g/mol. The summed E-state index contributed by atoms with van der Waals surface area (Å²) < 4.78 is 1.92. The number of nitrogens with one attached hydrogen (secondary N) is 2. The van der Waals surface area contributed by atoms with Gasteiger partial charge in [0.25, 0.3) is 5.56 Å². The van der Waals surface area contributed by atoms with Crippen LogP contribution in [0.25, 0.3) is 11.0 Å². The highest BCUT2D eigenvalue weighted by molar-refractivity contribution is 5.85. The van der Waals surface area contributed by atoms with E-state index in [2.05, 4.69) is 43.7 Å². The fraction of sp³-hybridized carbons (Fsp3) is 0.357. The predicted octanol–water partition coefficient (Wildman–Crippen LogP) is 4.47. The molecule has 1 saturated carbocycles. The Kier molecular flexibility index (Phi) is 7.67. The van der Waals surface area contributed by atoms with Crippen LogP contribution < -0.4 is 21.1 Å². The fourth-order valence-electron chi connectivity index (χ4n) is 5.37. The summed E-state index contributed by atoms with van der Waals surface area (Å²) in [4.78, 5) is 30.0. The van der Waals surface area contributed by atoms with Crippen molar-refractivity contribution in [1.29, 1.82) is 0 Å². The van der Waals surface area contributed by atoms with Gasteiger partial charge < -0.3 is 15.5 Å². The number of fused-ring (bicyclic) bond motifs is 1. The van der Waals surface area contributed by atoms with Crippen LogP contribution in [0.15, 0.2) is 65.7 Å². The monoisotopic (exact) mass is 517 g/mol. The first-order chi connectivity index (χ1) is 17.7. The molecule has 37 heavy (non-hydrogen) atoms. The van der Waals surface area contributed by atoms with Crippen LogP contribution in [0.5, 0.6) is 0 Å². The van der Waals surface area contributed by atoms with Crippen LogP contribution in [0.2, 0.25) is 0 Å². The highest BCUT2D eigenvalue weighted by Gasteiger charge is 2.23. The lowest BCUT2D eigenvalue weighted by atomic mass is 10.0. The maximum atomic E-state index is 13.7. The third kappa shape index (κ3) is 5.45. The molecule has 0 atom stereocenters.